The van der Waals surface area contributed by atoms with Crippen molar-refractivity contribution in [3.05, 3.63) is 46.6 Å². The van der Waals surface area contributed by atoms with Crippen molar-refractivity contribution in [3.8, 4) is 0 Å². The minimum Gasteiger partial charge on any atom is -0.336 e. The molecule has 5 nitrogen and oxygen atoms in total. The molecule has 1 aliphatic heterocycles. The molecular weight excluding hydrogens is 374 g/mol. The number of nitrogens with zero attached hydrogens (tertiary/aromatic N) is 3. The second kappa shape index (κ2) is 8.66. The average Bonchev–Trinajstić information content (AvgIpc) is 3.54. The summed E-state index contributed by atoms with van der Waals surface area (Å²) >= 11 is 6.17. The summed E-state index contributed by atoms with van der Waals surface area (Å²) in [5.41, 5.74) is 1.80. The highest BCUT2D eigenvalue weighted by atomic mass is 35.5. The predicted octanol–water partition coefficient (Wildman–Crippen LogP) is 3.55. The topological polar surface area (TPSA) is 43.9 Å². The largest absolute Gasteiger partial charge is 0.336 e. The van der Waals surface area contributed by atoms with Crippen molar-refractivity contribution in [1.29, 1.82) is 0 Å². The summed E-state index contributed by atoms with van der Waals surface area (Å²) < 4.78 is 0. The van der Waals surface area contributed by atoms with Crippen LogP contribution in [0.2, 0.25) is 5.02 Å². The predicted molar refractivity (Wildman–Crippen MR) is 110 cm³/mol. The van der Waals surface area contributed by atoms with Crippen LogP contribution in [0.3, 0.4) is 0 Å². The van der Waals surface area contributed by atoms with Crippen molar-refractivity contribution in [2.45, 2.75) is 44.6 Å². The van der Waals surface area contributed by atoms with E-state index in [4.69, 9.17) is 11.6 Å². The van der Waals surface area contributed by atoms with Crippen LogP contribution < -0.4 is 0 Å². The third-order valence-electron chi connectivity index (χ3n) is 5.88. The Labute approximate surface area is 171 Å². The first-order chi connectivity index (χ1) is 13.6. The molecule has 0 unspecified atom stereocenters. The minimum atomic E-state index is -0.0245. The summed E-state index contributed by atoms with van der Waals surface area (Å²) in [5.74, 6) is 0.199. The molecule has 4 rings (SSSR count). The van der Waals surface area contributed by atoms with Crippen LogP contribution in [-0.4, -0.2) is 65.3 Å². The number of benzene rings is 1. The van der Waals surface area contributed by atoms with Gasteiger partial charge < -0.3 is 9.80 Å². The maximum atomic E-state index is 13.0. The Balaban J connectivity index is 1.32. The van der Waals surface area contributed by atoms with Gasteiger partial charge in [-0.3, -0.25) is 14.5 Å². The van der Waals surface area contributed by atoms with Crippen molar-refractivity contribution >= 4 is 23.4 Å². The van der Waals surface area contributed by atoms with E-state index < -0.39 is 0 Å². The molecule has 1 aromatic rings. The smallest absolute Gasteiger partial charge is 0.255 e. The molecule has 0 aromatic heterocycles. The third-order valence-corrected chi connectivity index (χ3v) is 6.21. The Morgan fingerprint density at radius 2 is 1.82 bits per heavy atom. The van der Waals surface area contributed by atoms with E-state index in [1.165, 1.54) is 18.5 Å². The number of allylic oxidation sites excluding steroid dienone is 2. The fourth-order valence-electron chi connectivity index (χ4n) is 4.15. The lowest BCUT2D eigenvalue weighted by Gasteiger charge is -2.36. The van der Waals surface area contributed by atoms with E-state index in [1.54, 1.807) is 12.1 Å². The Bertz CT molecular complexity index is 767. The SMILES string of the molecule is O=C(c1ccccc1Cl)N1CCN(CC(=O)N(C2=CCCCC2)C2CC2)CC1. The number of amides is 2. The molecule has 2 aliphatic carbocycles. The van der Waals surface area contributed by atoms with Gasteiger partial charge in [-0.1, -0.05) is 29.8 Å². The highest BCUT2D eigenvalue weighted by Gasteiger charge is 2.36. The van der Waals surface area contributed by atoms with Crippen LogP contribution in [0.15, 0.2) is 36.0 Å². The fraction of sp³-hybridized carbons (Fsp3) is 0.545. The number of hydrogen-bond donors (Lipinski definition) is 0. The molecule has 0 spiro atoms. The van der Waals surface area contributed by atoms with E-state index in [-0.39, 0.29) is 11.8 Å². The van der Waals surface area contributed by atoms with Gasteiger partial charge >= 0.3 is 0 Å². The lowest BCUT2D eigenvalue weighted by molar-refractivity contribution is -0.131. The molecular formula is C22H28ClN3O2. The van der Waals surface area contributed by atoms with Gasteiger partial charge in [-0.25, -0.2) is 0 Å². The second-order valence-corrected chi connectivity index (χ2v) is 8.39. The van der Waals surface area contributed by atoms with Gasteiger partial charge in [-0.15, -0.1) is 0 Å². The average molecular weight is 402 g/mol. The molecule has 1 saturated heterocycles. The molecule has 0 N–H and O–H groups in total. The van der Waals surface area contributed by atoms with Gasteiger partial charge in [0.15, 0.2) is 0 Å². The first-order valence-corrected chi connectivity index (χ1v) is 10.8. The molecule has 1 saturated carbocycles. The van der Waals surface area contributed by atoms with Gasteiger partial charge in [0.05, 0.1) is 17.1 Å². The van der Waals surface area contributed by atoms with E-state index in [2.05, 4.69) is 15.9 Å². The monoisotopic (exact) mass is 401 g/mol. The van der Waals surface area contributed by atoms with Crippen LogP contribution in [-0.2, 0) is 4.79 Å². The molecule has 0 atom stereocenters. The van der Waals surface area contributed by atoms with E-state index >= 15 is 0 Å². The van der Waals surface area contributed by atoms with Crippen molar-refractivity contribution < 1.29 is 9.59 Å². The molecule has 1 aromatic carbocycles. The molecule has 6 heteroatoms. The molecule has 28 heavy (non-hydrogen) atoms. The van der Waals surface area contributed by atoms with Gasteiger partial charge in [0, 0.05) is 37.9 Å². The Morgan fingerprint density at radius 1 is 1.07 bits per heavy atom. The van der Waals surface area contributed by atoms with Crippen LogP contribution in [0.1, 0.15) is 48.9 Å². The summed E-state index contributed by atoms with van der Waals surface area (Å²) in [6.07, 6.45) is 9.06. The lowest BCUT2D eigenvalue weighted by Crippen LogP contribution is -2.51. The van der Waals surface area contributed by atoms with Crippen LogP contribution in [0.4, 0.5) is 0 Å². The summed E-state index contributed by atoms with van der Waals surface area (Å²) in [7, 11) is 0. The maximum Gasteiger partial charge on any atom is 0.255 e. The van der Waals surface area contributed by atoms with Gasteiger partial charge in [0.1, 0.15) is 0 Å². The Morgan fingerprint density at radius 3 is 2.46 bits per heavy atom. The Hall–Kier alpha value is -1.85. The Kier molecular flexibility index (Phi) is 6.02. The number of halogens is 1. The number of rotatable bonds is 5. The van der Waals surface area contributed by atoms with Gasteiger partial charge in [0.2, 0.25) is 5.91 Å². The van der Waals surface area contributed by atoms with E-state index in [0.717, 1.165) is 38.8 Å². The van der Waals surface area contributed by atoms with Crippen molar-refractivity contribution in [2.24, 2.45) is 0 Å². The zero-order valence-corrected chi connectivity index (χ0v) is 17.0. The first kappa shape index (κ1) is 19.5. The second-order valence-electron chi connectivity index (χ2n) is 7.98. The first-order valence-electron chi connectivity index (χ1n) is 10.4. The van der Waals surface area contributed by atoms with Crippen molar-refractivity contribution in [2.75, 3.05) is 32.7 Å². The third kappa shape index (κ3) is 4.41. The number of carbonyl (C=O) groups is 2. The minimum absolute atomic E-state index is 0.0245. The van der Waals surface area contributed by atoms with Crippen molar-refractivity contribution in [1.82, 2.24) is 14.7 Å². The van der Waals surface area contributed by atoms with Gasteiger partial charge in [0.25, 0.3) is 5.91 Å². The molecule has 3 aliphatic rings. The van der Waals surface area contributed by atoms with Crippen LogP contribution in [0.25, 0.3) is 0 Å². The molecule has 2 fully saturated rings. The fourth-order valence-corrected chi connectivity index (χ4v) is 4.37. The van der Waals surface area contributed by atoms with E-state index in [0.29, 0.717) is 36.3 Å². The summed E-state index contributed by atoms with van der Waals surface area (Å²) in [6.45, 7) is 3.15. The molecule has 2 amide bonds. The molecule has 150 valence electrons. The number of piperazine rings is 1. The van der Waals surface area contributed by atoms with Crippen LogP contribution >= 0.6 is 11.6 Å². The number of hydrogen-bond acceptors (Lipinski definition) is 3. The highest BCUT2D eigenvalue weighted by Crippen LogP contribution is 2.33. The summed E-state index contributed by atoms with van der Waals surface area (Å²) in [4.78, 5) is 31.8. The lowest BCUT2D eigenvalue weighted by atomic mass is 10.0. The van der Waals surface area contributed by atoms with Crippen LogP contribution in [0, 0.1) is 0 Å². The normalized spacial score (nSPS) is 20.6. The van der Waals surface area contributed by atoms with E-state index in [9.17, 15) is 9.59 Å². The van der Waals surface area contributed by atoms with E-state index in [1.807, 2.05) is 17.0 Å². The highest BCUT2D eigenvalue weighted by molar-refractivity contribution is 6.33. The van der Waals surface area contributed by atoms with Gasteiger partial charge in [-0.05, 0) is 50.7 Å². The summed E-state index contributed by atoms with van der Waals surface area (Å²) in [6, 6.07) is 7.60. The van der Waals surface area contributed by atoms with Crippen molar-refractivity contribution in [3.63, 3.8) is 0 Å². The van der Waals surface area contributed by atoms with Crippen LogP contribution in [0.5, 0.6) is 0 Å². The molecule has 0 radical (unpaired) electrons. The summed E-state index contributed by atoms with van der Waals surface area (Å²) in [5, 5.41) is 0.492. The quantitative estimate of drug-likeness (QED) is 0.757. The zero-order chi connectivity index (χ0) is 19.5. The van der Waals surface area contributed by atoms with Gasteiger partial charge in [-0.2, -0.15) is 0 Å². The maximum absolute atomic E-state index is 13.0. The molecule has 0 bridgehead atoms. The number of carbonyl (C=O) groups excluding carboxylic acids is 2. The standard InChI is InChI=1S/C22H28ClN3O2/c23-20-9-5-4-8-19(20)22(28)25-14-12-24(13-15-25)16-21(27)26(18-10-11-18)17-6-2-1-3-7-17/h4-6,8-9,18H,1-3,7,10-16H2. The molecule has 1 heterocycles. The zero-order valence-electron chi connectivity index (χ0n) is 16.3.